The maximum atomic E-state index is 7.42. The third-order valence-electron chi connectivity index (χ3n) is 2.32. The smallest absolute Gasteiger partial charge is 0.123 e. The first-order chi connectivity index (χ1) is 9.22. The highest BCUT2D eigenvalue weighted by Gasteiger charge is 1.91. The van der Waals surface area contributed by atoms with Gasteiger partial charge >= 0.3 is 0 Å². The Kier molecular flexibility index (Phi) is 3.67. The number of aromatic nitrogens is 2. The fourth-order valence-electron chi connectivity index (χ4n) is 1.39. The summed E-state index contributed by atoms with van der Waals surface area (Å²) in [6.07, 6.45) is 0. The van der Waals surface area contributed by atoms with Gasteiger partial charge < -0.3 is 11.5 Å². The van der Waals surface area contributed by atoms with Crippen LogP contribution in [0.25, 0.3) is 0 Å². The van der Waals surface area contributed by atoms with E-state index in [0.717, 1.165) is 16.8 Å². The van der Waals surface area contributed by atoms with Gasteiger partial charge in [-0.1, -0.05) is 6.04 Å². The zero-order valence-corrected chi connectivity index (χ0v) is 11.2. The van der Waals surface area contributed by atoms with Crippen LogP contribution >= 0.6 is 0 Å². The van der Waals surface area contributed by atoms with Crippen molar-refractivity contribution in [2.45, 2.75) is 27.7 Å². The molecule has 2 aromatic rings. The number of aryl methyl sites for hydroxylation is 3. The highest BCUT2D eigenvalue weighted by atomic mass is 14.8. The summed E-state index contributed by atoms with van der Waals surface area (Å²) in [6.45, 7) is 7.35. The van der Waals surface area contributed by atoms with Gasteiger partial charge in [-0.15, -0.1) is 0 Å². The Morgan fingerprint density at radius 3 is 2.28 bits per heavy atom. The summed E-state index contributed by atoms with van der Waals surface area (Å²) in [5.41, 5.74) is 14.1. The molecule has 0 aliphatic carbocycles. The first-order valence-corrected chi connectivity index (χ1v) is 5.63. The van der Waals surface area contributed by atoms with Crippen molar-refractivity contribution < 1.29 is 2.74 Å². The fourth-order valence-corrected chi connectivity index (χ4v) is 1.39. The van der Waals surface area contributed by atoms with E-state index in [2.05, 4.69) is 9.97 Å². The second-order valence-electron chi connectivity index (χ2n) is 4.11. The molecule has 0 spiro atoms. The minimum atomic E-state index is 0.424. The van der Waals surface area contributed by atoms with Crippen LogP contribution in [-0.2, 0) is 0 Å². The molecule has 4 nitrogen and oxygen atoms in total. The van der Waals surface area contributed by atoms with E-state index in [4.69, 9.17) is 14.2 Å². The first kappa shape index (κ1) is 11.0. The van der Waals surface area contributed by atoms with Crippen molar-refractivity contribution in [2.24, 2.45) is 0 Å². The van der Waals surface area contributed by atoms with Crippen LogP contribution in [0.3, 0.4) is 0 Å². The maximum absolute atomic E-state index is 7.42. The Morgan fingerprint density at radius 2 is 1.72 bits per heavy atom. The SMILES string of the molecule is [3H]c1c(C)cc(N)nc1C.[3H]c1cc(N)nc(C)c1C. The summed E-state index contributed by atoms with van der Waals surface area (Å²) in [5.74, 6) is 0.916. The maximum Gasteiger partial charge on any atom is 0.123 e. The van der Waals surface area contributed by atoms with Gasteiger partial charge in [-0.2, -0.15) is 0 Å². The van der Waals surface area contributed by atoms with Gasteiger partial charge in [-0.3, -0.25) is 0 Å². The minimum absolute atomic E-state index is 0.424. The monoisotopic (exact) mass is 248 g/mol. The first-order valence-electron chi connectivity index (χ1n) is 6.63. The molecule has 0 aromatic carbocycles. The third kappa shape index (κ3) is 4.41. The summed E-state index contributed by atoms with van der Waals surface area (Å²) in [6, 6.07) is 4.21. The molecule has 18 heavy (non-hydrogen) atoms. The molecule has 0 aliphatic heterocycles. The molecule has 96 valence electrons. The van der Waals surface area contributed by atoms with Gasteiger partial charge in [-0.25, -0.2) is 9.97 Å². The van der Waals surface area contributed by atoms with Crippen LogP contribution in [0.2, 0.25) is 0 Å². The second-order valence-corrected chi connectivity index (χ2v) is 4.11. The van der Waals surface area contributed by atoms with Gasteiger partial charge in [-0.05, 0) is 57.0 Å². The average molecular weight is 248 g/mol. The van der Waals surface area contributed by atoms with Crippen LogP contribution in [0.1, 0.15) is 25.3 Å². The third-order valence-corrected chi connectivity index (χ3v) is 2.32. The Labute approximate surface area is 111 Å². The number of anilines is 2. The molecule has 0 amide bonds. The average Bonchev–Trinajstić information content (AvgIpc) is 2.33. The topological polar surface area (TPSA) is 77.8 Å². The highest BCUT2D eigenvalue weighted by molar-refractivity contribution is 5.33. The van der Waals surface area contributed by atoms with E-state index >= 15 is 0 Å². The molecule has 0 radical (unpaired) electrons. The quantitative estimate of drug-likeness (QED) is 0.751. The van der Waals surface area contributed by atoms with Crippen LogP contribution in [0.5, 0.6) is 0 Å². The van der Waals surface area contributed by atoms with Crippen molar-refractivity contribution in [2.75, 3.05) is 11.5 Å². The predicted molar refractivity (Wildman–Crippen MR) is 76.2 cm³/mol. The molecule has 0 aliphatic rings. The van der Waals surface area contributed by atoms with Crippen molar-refractivity contribution in [1.29, 1.82) is 0 Å². The molecule has 2 aromatic heterocycles. The largest absolute Gasteiger partial charge is 0.384 e. The lowest BCUT2D eigenvalue weighted by atomic mass is 10.2. The number of rotatable bonds is 0. The standard InChI is InChI=1S/2C7H10N2/c1-5-3-6(2)9-7(8)4-5;1-5-3-4-7(8)9-6(5)2/h2*3-4H,1-2H3,(H2,8,9)/i2*3T. The normalized spacial score (nSPS) is 11.1. The Morgan fingerprint density at radius 1 is 1.06 bits per heavy atom. The van der Waals surface area contributed by atoms with E-state index < -0.39 is 0 Å². The Bertz CT molecular complexity index is 525. The number of pyridine rings is 2. The molecule has 0 saturated carbocycles. The molecular formula is C14H20N4. The number of nitrogen functional groups attached to an aromatic ring is 2. The Hall–Kier alpha value is -2.10. The number of hydrogen-bond donors (Lipinski definition) is 2. The van der Waals surface area contributed by atoms with E-state index in [9.17, 15) is 0 Å². The van der Waals surface area contributed by atoms with E-state index in [0.29, 0.717) is 29.4 Å². The van der Waals surface area contributed by atoms with Gasteiger partial charge in [0.2, 0.25) is 0 Å². The molecule has 4 N–H and O–H groups in total. The summed E-state index contributed by atoms with van der Waals surface area (Å²) >= 11 is 0. The van der Waals surface area contributed by atoms with Gasteiger partial charge in [0, 0.05) is 11.4 Å². The van der Waals surface area contributed by atoms with Crippen LogP contribution in [0.4, 0.5) is 11.6 Å². The molecule has 4 heteroatoms. The summed E-state index contributed by atoms with van der Waals surface area (Å²) in [7, 11) is 0. The van der Waals surface area contributed by atoms with Crippen molar-refractivity contribution in [3.8, 4) is 0 Å². The van der Waals surface area contributed by atoms with Crippen LogP contribution in [0.15, 0.2) is 24.2 Å². The molecular weight excluding hydrogens is 224 g/mol. The van der Waals surface area contributed by atoms with Crippen molar-refractivity contribution in [3.05, 3.63) is 46.7 Å². The molecule has 2 rings (SSSR count). The van der Waals surface area contributed by atoms with Crippen LogP contribution in [0, 0.1) is 27.7 Å². The highest BCUT2D eigenvalue weighted by Crippen LogP contribution is 2.05. The molecule has 0 bridgehead atoms. The van der Waals surface area contributed by atoms with Crippen LogP contribution in [-0.4, -0.2) is 9.97 Å². The molecule has 0 atom stereocenters. The summed E-state index contributed by atoms with van der Waals surface area (Å²) in [5, 5.41) is 0. The fraction of sp³-hybridized carbons (Fsp3) is 0.286. The zero-order chi connectivity index (χ0) is 15.4. The Balaban J connectivity index is 0.000000200. The second kappa shape index (κ2) is 6.00. The van der Waals surface area contributed by atoms with Gasteiger partial charge in [0.15, 0.2) is 0 Å². The lowest BCUT2D eigenvalue weighted by molar-refractivity contribution is 1.16. The summed E-state index contributed by atoms with van der Waals surface area (Å²) < 4.78 is 14.8. The van der Waals surface area contributed by atoms with Gasteiger partial charge in [0.1, 0.15) is 11.6 Å². The van der Waals surface area contributed by atoms with E-state index in [1.807, 2.05) is 20.8 Å². The minimum Gasteiger partial charge on any atom is -0.384 e. The lowest BCUT2D eigenvalue weighted by Crippen LogP contribution is -1.92. The van der Waals surface area contributed by atoms with Crippen LogP contribution < -0.4 is 11.5 Å². The van der Waals surface area contributed by atoms with Gasteiger partial charge in [0.05, 0.1) is 2.74 Å². The predicted octanol–water partition coefficient (Wildman–Crippen LogP) is 2.56. The molecule has 0 saturated heterocycles. The van der Waals surface area contributed by atoms with Gasteiger partial charge in [0.25, 0.3) is 0 Å². The summed E-state index contributed by atoms with van der Waals surface area (Å²) in [4.78, 5) is 7.92. The van der Waals surface area contributed by atoms with Crippen molar-refractivity contribution in [3.63, 3.8) is 0 Å². The van der Waals surface area contributed by atoms with Crippen molar-refractivity contribution >= 4 is 11.6 Å². The van der Waals surface area contributed by atoms with E-state index in [1.165, 1.54) is 0 Å². The van der Waals surface area contributed by atoms with E-state index in [-0.39, 0.29) is 0 Å². The number of nitrogens with zero attached hydrogens (tertiary/aromatic N) is 2. The molecule has 2 heterocycles. The van der Waals surface area contributed by atoms with E-state index in [1.54, 1.807) is 19.1 Å². The zero-order valence-electron chi connectivity index (χ0n) is 13.2. The number of nitrogens with two attached hydrogens (primary N) is 2. The number of hydrogen-bond acceptors (Lipinski definition) is 4. The lowest BCUT2D eigenvalue weighted by Gasteiger charge is -1.97. The molecule has 0 fully saturated rings. The molecule has 0 unspecified atom stereocenters. The van der Waals surface area contributed by atoms with Crippen molar-refractivity contribution in [1.82, 2.24) is 9.97 Å².